The molecule has 0 bridgehead atoms. The van der Waals surface area contributed by atoms with E-state index >= 15 is 0 Å². The molecule has 1 aliphatic heterocycles. The Morgan fingerprint density at radius 2 is 1.87 bits per heavy atom. The molecule has 2 atom stereocenters. The predicted octanol–water partition coefficient (Wildman–Crippen LogP) is 3.10. The van der Waals surface area contributed by atoms with Crippen LogP contribution in [0.3, 0.4) is 0 Å². The van der Waals surface area contributed by atoms with Gasteiger partial charge in [-0.05, 0) is 23.8 Å². The number of piperidine rings is 1. The van der Waals surface area contributed by atoms with Crippen molar-refractivity contribution in [3.05, 3.63) is 46.7 Å². The summed E-state index contributed by atoms with van der Waals surface area (Å²) in [5, 5.41) is 8.39. The summed E-state index contributed by atoms with van der Waals surface area (Å²) in [5.41, 5.74) is 1.32. The maximum atomic E-state index is 12.7. The number of likely N-dealkylation sites (tertiary alicyclic amines) is 1. The van der Waals surface area contributed by atoms with E-state index in [2.05, 4.69) is 24.2 Å². The van der Waals surface area contributed by atoms with Crippen LogP contribution in [0.15, 0.2) is 30.3 Å². The van der Waals surface area contributed by atoms with Crippen LogP contribution in [0.1, 0.15) is 36.3 Å². The fourth-order valence-electron chi connectivity index (χ4n) is 3.27. The molecule has 0 N–H and O–H groups in total. The zero-order valence-electron chi connectivity index (χ0n) is 13.4. The molecule has 5 nitrogen and oxygen atoms in total. The molecule has 0 radical (unpaired) electrons. The second-order valence-electron chi connectivity index (χ2n) is 6.53. The second-order valence-corrected chi connectivity index (χ2v) is 6.89. The minimum Gasteiger partial charge on any atom is -0.337 e. The van der Waals surface area contributed by atoms with Gasteiger partial charge < -0.3 is 4.90 Å². The van der Waals surface area contributed by atoms with Gasteiger partial charge >= 0.3 is 0 Å². The van der Waals surface area contributed by atoms with Crippen LogP contribution < -0.4 is 0 Å². The van der Waals surface area contributed by atoms with Crippen molar-refractivity contribution >= 4 is 17.5 Å². The Morgan fingerprint density at radius 1 is 1.22 bits per heavy atom. The number of nitrogens with zero attached hydrogens (tertiary/aromatic N) is 4. The van der Waals surface area contributed by atoms with Crippen molar-refractivity contribution in [2.45, 2.75) is 26.8 Å². The Hall–Kier alpha value is -1.88. The van der Waals surface area contributed by atoms with Crippen molar-refractivity contribution in [3.8, 4) is 0 Å². The summed E-state index contributed by atoms with van der Waals surface area (Å²) < 4.78 is 1.57. The van der Waals surface area contributed by atoms with Crippen LogP contribution in [0.4, 0.5) is 0 Å². The Morgan fingerprint density at radius 3 is 2.52 bits per heavy atom. The monoisotopic (exact) mass is 332 g/mol. The van der Waals surface area contributed by atoms with Gasteiger partial charge in [0.15, 0.2) is 10.8 Å². The van der Waals surface area contributed by atoms with Crippen LogP contribution in [0, 0.1) is 11.8 Å². The number of rotatable bonds is 3. The normalized spacial score (nSPS) is 21.4. The molecule has 3 rings (SSSR count). The minimum absolute atomic E-state index is 0.118. The molecule has 1 saturated heterocycles. The number of carbonyl (C=O) groups excluding carboxylic acids is 1. The SMILES string of the molecule is C[C@@H]1C[C@H](C)CN(C(=O)c2nnn(Cc3ccccc3)c2Cl)C1. The molecule has 2 heterocycles. The molecular formula is C17H21ClN4O. The van der Waals surface area contributed by atoms with Crippen molar-refractivity contribution in [1.29, 1.82) is 0 Å². The lowest BCUT2D eigenvalue weighted by Crippen LogP contribution is -2.42. The highest BCUT2D eigenvalue weighted by atomic mass is 35.5. The molecule has 1 aliphatic rings. The highest BCUT2D eigenvalue weighted by molar-refractivity contribution is 6.32. The summed E-state index contributed by atoms with van der Waals surface area (Å²) in [6.45, 7) is 6.36. The van der Waals surface area contributed by atoms with Crippen LogP contribution in [-0.2, 0) is 6.54 Å². The van der Waals surface area contributed by atoms with Gasteiger partial charge in [-0.1, -0.05) is 61.0 Å². The number of benzene rings is 1. The van der Waals surface area contributed by atoms with Crippen LogP contribution in [0.2, 0.25) is 5.15 Å². The van der Waals surface area contributed by atoms with E-state index in [1.165, 1.54) is 0 Å². The first-order valence-electron chi connectivity index (χ1n) is 7.96. The molecule has 23 heavy (non-hydrogen) atoms. The summed E-state index contributed by atoms with van der Waals surface area (Å²) in [4.78, 5) is 14.6. The van der Waals surface area contributed by atoms with E-state index in [1.807, 2.05) is 35.2 Å². The zero-order valence-corrected chi connectivity index (χ0v) is 14.2. The minimum atomic E-state index is -0.118. The van der Waals surface area contributed by atoms with Gasteiger partial charge in [0.2, 0.25) is 0 Å². The maximum Gasteiger partial charge on any atom is 0.277 e. The smallest absolute Gasteiger partial charge is 0.277 e. The van der Waals surface area contributed by atoms with Gasteiger partial charge in [-0.2, -0.15) is 0 Å². The largest absolute Gasteiger partial charge is 0.337 e. The van der Waals surface area contributed by atoms with Gasteiger partial charge in [0, 0.05) is 13.1 Å². The van der Waals surface area contributed by atoms with Gasteiger partial charge in [0.25, 0.3) is 5.91 Å². The van der Waals surface area contributed by atoms with Crippen molar-refractivity contribution < 1.29 is 4.79 Å². The molecule has 1 amide bonds. The summed E-state index contributed by atoms with van der Waals surface area (Å²) >= 11 is 6.35. The van der Waals surface area contributed by atoms with E-state index in [1.54, 1.807) is 4.68 Å². The fourth-order valence-corrected chi connectivity index (χ4v) is 3.48. The highest BCUT2D eigenvalue weighted by Crippen LogP contribution is 2.24. The lowest BCUT2D eigenvalue weighted by molar-refractivity contribution is 0.0617. The molecule has 0 aliphatic carbocycles. The van der Waals surface area contributed by atoms with Crippen LogP contribution >= 0.6 is 11.6 Å². The molecule has 0 unspecified atom stereocenters. The standard InChI is InChI=1S/C17H21ClN4O/c1-12-8-13(2)10-21(9-12)17(23)15-16(18)22(20-19-15)11-14-6-4-3-5-7-14/h3-7,12-13H,8-11H2,1-2H3/t12-,13+. The number of carbonyl (C=O) groups is 1. The Labute approximate surface area is 141 Å². The molecule has 1 aromatic heterocycles. The zero-order chi connectivity index (χ0) is 16.4. The molecule has 6 heteroatoms. The van der Waals surface area contributed by atoms with Gasteiger partial charge in [0.05, 0.1) is 6.54 Å². The van der Waals surface area contributed by atoms with Crippen molar-refractivity contribution in [1.82, 2.24) is 19.9 Å². The fraction of sp³-hybridized carbons (Fsp3) is 0.471. The Kier molecular flexibility index (Phi) is 4.66. The third-order valence-electron chi connectivity index (χ3n) is 4.21. The molecule has 1 aromatic carbocycles. The molecular weight excluding hydrogens is 312 g/mol. The molecule has 0 saturated carbocycles. The third-order valence-corrected chi connectivity index (χ3v) is 4.58. The van der Waals surface area contributed by atoms with Crippen LogP contribution in [0.5, 0.6) is 0 Å². The quantitative estimate of drug-likeness (QED) is 0.867. The predicted molar refractivity (Wildman–Crippen MR) is 89.4 cm³/mol. The van der Waals surface area contributed by atoms with Crippen LogP contribution in [-0.4, -0.2) is 38.9 Å². The van der Waals surface area contributed by atoms with E-state index in [0.29, 0.717) is 23.5 Å². The van der Waals surface area contributed by atoms with Crippen molar-refractivity contribution in [3.63, 3.8) is 0 Å². The first-order chi connectivity index (χ1) is 11.0. The van der Waals surface area contributed by atoms with E-state index < -0.39 is 0 Å². The third kappa shape index (κ3) is 3.55. The first kappa shape index (κ1) is 16.0. The lowest BCUT2D eigenvalue weighted by Gasteiger charge is -2.34. The molecule has 1 fully saturated rings. The van der Waals surface area contributed by atoms with E-state index in [0.717, 1.165) is 25.1 Å². The molecule has 122 valence electrons. The maximum absolute atomic E-state index is 12.7. The molecule has 2 aromatic rings. The summed E-state index contributed by atoms with van der Waals surface area (Å²) in [6, 6.07) is 9.87. The van der Waals surface area contributed by atoms with Crippen LogP contribution in [0.25, 0.3) is 0 Å². The Bertz CT molecular complexity index is 675. The van der Waals surface area contributed by atoms with Gasteiger partial charge in [-0.15, -0.1) is 5.10 Å². The number of hydrogen-bond donors (Lipinski definition) is 0. The van der Waals surface area contributed by atoms with Crippen molar-refractivity contribution in [2.24, 2.45) is 11.8 Å². The Balaban J connectivity index is 1.77. The summed E-state index contributed by atoms with van der Waals surface area (Å²) in [5.74, 6) is 0.884. The molecule has 0 spiro atoms. The summed E-state index contributed by atoms with van der Waals surface area (Å²) in [7, 11) is 0. The average molecular weight is 333 g/mol. The number of hydrogen-bond acceptors (Lipinski definition) is 3. The number of halogens is 1. The first-order valence-corrected chi connectivity index (χ1v) is 8.34. The lowest BCUT2D eigenvalue weighted by atomic mass is 9.92. The highest BCUT2D eigenvalue weighted by Gasteiger charge is 2.29. The number of amides is 1. The topological polar surface area (TPSA) is 51.0 Å². The summed E-state index contributed by atoms with van der Waals surface area (Å²) in [6.07, 6.45) is 1.15. The average Bonchev–Trinajstić information content (AvgIpc) is 2.88. The van der Waals surface area contributed by atoms with Crippen molar-refractivity contribution in [2.75, 3.05) is 13.1 Å². The number of aromatic nitrogens is 3. The van der Waals surface area contributed by atoms with E-state index in [4.69, 9.17) is 11.6 Å². The van der Waals surface area contributed by atoms with Gasteiger partial charge in [0.1, 0.15) is 0 Å². The van der Waals surface area contributed by atoms with E-state index in [-0.39, 0.29) is 11.6 Å². The van der Waals surface area contributed by atoms with E-state index in [9.17, 15) is 4.79 Å². The second kappa shape index (κ2) is 6.71. The van der Waals surface area contributed by atoms with Gasteiger partial charge in [-0.25, -0.2) is 4.68 Å². The van der Waals surface area contributed by atoms with Gasteiger partial charge in [-0.3, -0.25) is 4.79 Å².